The Morgan fingerprint density at radius 1 is 0.846 bits per heavy atom. The number of unbranched alkanes of at least 4 members (excludes halogenated alkanes) is 4. The zero-order chi connectivity index (χ0) is 28.1. The molecule has 1 unspecified atom stereocenters. The van der Waals surface area contributed by atoms with E-state index in [1.54, 1.807) is 0 Å². The molecule has 0 aliphatic carbocycles. The number of benzene rings is 2. The van der Waals surface area contributed by atoms with E-state index in [1.807, 2.05) is 42.5 Å². The van der Waals surface area contributed by atoms with Crippen molar-refractivity contribution in [3.63, 3.8) is 0 Å². The number of ether oxygens (including phenoxy) is 2. The van der Waals surface area contributed by atoms with E-state index in [-0.39, 0.29) is 11.7 Å². The molecule has 5 nitrogen and oxygen atoms in total. The monoisotopic (exact) mass is 536 g/mol. The van der Waals surface area contributed by atoms with Gasteiger partial charge in [-0.1, -0.05) is 53.4 Å². The molecule has 1 aliphatic heterocycles. The van der Waals surface area contributed by atoms with Gasteiger partial charge in [0.1, 0.15) is 17.1 Å². The van der Waals surface area contributed by atoms with Gasteiger partial charge >= 0.3 is 0 Å². The van der Waals surface area contributed by atoms with Crippen LogP contribution in [0, 0.1) is 0 Å². The quantitative estimate of drug-likeness (QED) is 0.111. The van der Waals surface area contributed by atoms with Crippen LogP contribution in [0.4, 0.5) is 5.69 Å². The molecule has 2 aromatic carbocycles. The lowest BCUT2D eigenvalue weighted by atomic mass is 9.74. The van der Waals surface area contributed by atoms with Crippen molar-refractivity contribution in [3.8, 4) is 11.5 Å². The summed E-state index contributed by atoms with van der Waals surface area (Å²) in [5.74, 6) is 1.39. The molecule has 1 atom stereocenters. The average Bonchev–Trinajstić information content (AvgIpc) is 3.27. The van der Waals surface area contributed by atoms with Crippen molar-refractivity contribution in [2.75, 3.05) is 32.0 Å². The van der Waals surface area contributed by atoms with E-state index in [0.29, 0.717) is 17.9 Å². The van der Waals surface area contributed by atoms with Gasteiger partial charge in [-0.3, -0.25) is 4.79 Å². The van der Waals surface area contributed by atoms with Gasteiger partial charge in [0, 0.05) is 23.4 Å². The summed E-state index contributed by atoms with van der Waals surface area (Å²) in [6.07, 6.45) is 11.9. The zero-order valence-corrected chi connectivity index (χ0v) is 25.0. The predicted molar refractivity (Wildman–Crippen MR) is 163 cm³/mol. The number of fused-ring (bicyclic) bond motifs is 1. The lowest BCUT2D eigenvalue weighted by molar-refractivity contribution is 0.0399. The molecule has 2 N–H and O–H groups in total. The number of nitrogens with two attached hydrogens (primary N) is 1. The zero-order valence-electron chi connectivity index (χ0n) is 25.0. The summed E-state index contributed by atoms with van der Waals surface area (Å²) in [5.41, 5.74) is 7.97. The average molecular weight is 537 g/mol. The van der Waals surface area contributed by atoms with Crippen LogP contribution in [0.1, 0.15) is 120 Å². The van der Waals surface area contributed by atoms with Crippen LogP contribution in [0.15, 0.2) is 42.5 Å². The smallest absolute Gasteiger partial charge is 0.174 e. The van der Waals surface area contributed by atoms with Crippen LogP contribution in [0.5, 0.6) is 11.5 Å². The molecule has 0 spiro atoms. The number of anilines is 1. The second-order valence-electron chi connectivity index (χ2n) is 11.2. The van der Waals surface area contributed by atoms with E-state index < -0.39 is 5.60 Å². The van der Waals surface area contributed by atoms with Crippen LogP contribution < -0.4 is 15.2 Å². The first-order valence-corrected chi connectivity index (χ1v) is 15.6. The third kappa shape index (κ3) is 8.48. The fourth-order valence-corrected chi connectivity index (χ4v) is 5.75. The lowest BCUT2D eigenvalue weighted by Crippen LogP contribution is -2.41. The predicted octanol–water partition coefficient (Wildman–Crippen LogP) is 8.42. The number of carbonyl (C=O) groups is 1. The molecule has 0 amide bonds. The SMILES string of the molecule is CCCCN(CCCC)CCCOc1ccc(C(=O)C2c3cc(N)ccc3OC2(CCCC)CCCC)cc1. The van der Waals surface area contributed by atoms with Crippen LogP contribution in [0.3, 0.4) is 0 Å². The highest BCUT2D eigenvalue weighted by atomic mass is 16.5. The Kier molecular flexibility index (Phi) is 12.6. The van der Waals surface area contributed by atoms with Crippen molar-refractivity contribution in [3.05, 3.63) is 53.6 Å². The van der Waals surface area contributed by atoms with Crippen LogP contribution in [-0.4, -0.2) is 42.5 Å². The molecule has 0 bridgehead atoms. The van der Waals surface area contributed by atoms with E-state index in [2.05, 4.69) is 32.6 Å². The maximum Gasteiger partial charge on any atom is 0.174 e. The Bertz CT molecular complexity index is 988. The molecular weight excluding hydrogens is 484 g/mol. The molecule has 0 saturated carbocycles. The standard InChI is InChI=1S/C34H52N2O3/c1-5-9-20-34(21-10-6-2)32(30-26-28(35)16-19-31(30)39-34)33(37)27-14-17-29(18-15-27)38-25-13-24-36(22-11-7-3)23-12-8-4/h14-19,26,32H,5-13,20-25,35H2,1-4H3. The van der Waals surface area contributed by atoms with Gasteiger partial charge in [0.05, 0.1) is 12.5 Å². The maximum atomic E-state index is 14.1. The number of ketones is 1. The summed E-state index contributed by atoms with van der Waals surface area (Å²) in [4.78, 5) is 16.7. The molecule has 5 heteroatoms. The van der Waals surface area contributed by atoms with Crippen LogP contribution in [-0.2, 0) is 0 Å². The second-order valence-corrected chi connectivity index (χ2v) is 11.2. The molecule has 1 aliphatic rings. The molecule has 0 fully saturated rings. The number of hydrogen-bond acceptors (Lipinski definition) is 5. The highest BCUT2D eigenvalue weighted by Gasteiger charge is 2.51. The van der Waals surface area contributed by atoms with Gasteiger partial charge in [0.25, 0.3) is 0 Å². The number of nitrogens with zero attached hydrogens (tertiary/aromatic N) is 1. The Labute approximate surface area is 237 Å². The summed E-state index contributed by atoms with van der Waals surface area (Å²) in [7, 11) is 0. The number of nitrogen functional groups attached to an aromatic ring is 1. The first kappa shape index (κ1) is 31.0. The van der Waals surface area contributed by atoms with Crippen molar-refractivity contribution < 1.29 is 14.3 Å². The molecular formula is C34H52N2O3. The van der Waals surface area contributed by atoms with Gasteiger partial charge in [-0.05, 0) is 100 Å². The fourth-order valence-electron chi connectivity index (χ4n) is 5.75. The minimum Gasteiger partial charge on any atom is -0.494 e. The Morgan fingerprint density at radius 2 is 1.44 bits per heavy atom. The van der Waals surface area contributed by atoms with Crippen molar-refractivity contribution in [1.82, 2.24) is 4.90 Å². The molecule has 0 aromatic heterocycles. The van der Waals surface area contributed by atoms with Gasteiger partial charge in [0.2, 0.25) is 0 Å². The summed E-state index contributed by atoms with van der Waals surface area (Å²) in [5, 5.41) is 0. The second kappa shape index (κ2) is 15.9. The molecule has 39 heavy (non-hydrogen) atoms. The van der Waals surface area contributed by atoms with Crippen molar-refractivity contribution in [2.24, 2.45) is 0 Å². The minimum absolute atomic E-state index is 0.112. The van der Waals surface area contributed by atoms with E-state index in [0.717, 1.165) is 68.6 Å². The maximum absolute atomic E-state index is 14.1. The van der Waals surface area contributed by atoms with Crippen molar-refractivity contribution in [2.45, 2.75) is 110 Å². The highest BCUT2D eigenvalue weighted by molar-refractivity contribution is 6.03. The summed E-state index contributed by atoms with van der Waals surface area (Å²) in [6.45, 7) is 13.0. The molecule has 0 saturated heterocycles. The fraction of sp³-hybridized carbons (Fsp3) is 0.618. The molecule has 1 heterocycles. The molecule has 3 rings (SSSR count). The van der Waals surface area contributed by atoms with Gasteiger partial charge in [-0.15, -0.1) is 0 Å². The van der Waals surface area contributed by atoms with Gasteiger partial charge < -0.3 is 20.1 Å². The first-order chi connectivity index (χ1) is 19.0. The highest BCUT2D eigenvalue weighted by Crippen LogP contribution is 2.51. The third-order valence-corrected chi connectivity index (χ3v) is 8.04. The molecule has 0 radical (unpaired) electrons. The number of Topliss-reactive ketones (excluding diaryl/α,β-unsaturated/α-hetero) is 1. The lowest BCUT2D eigenvalue weighted by Gasteiger charge is -2.34. The van der Waals surface area contributed by atoms with Gasteiger partial charge in [0.15, 0.2) is 5.78 Å². The largest absolute Gasteiger partial charge is 0.494 e. The van der Waals surface area contributed by atoms with Crippen molar-refractivity contribution >= 4 is 11.5 Å². The third-order valence-electron chi connectivity index (χ3n) is 8.04. The first-order valence-electron chi connectivity index (χ1n) is 15.6. The number of carbonyl (C=O) groups excluding carboxylic acids is 1. The van der Waals surface area contributed by atoms with Crippen LogP contribution >= 0.6 is 0 Å². The van der Waals surface area contributed by atoms with E-state index >= 15 is 0 Å². The molecule has 2 aromatic rings. The van der Waals surface area contributed by atoms with Crippen molar-refractivity contribution in [1.29, 1.82) is 0 Å². The molecule has 216 valence electrons. The number of hydrogen-bond donors (Lipinski definition) is 1. The minimum atomic E-state index is -0.518. The number of rotatable bonds is 19. The Hall–Kier alpha value is -2.53. The van der Waals surface area contributed by atoms with E-state index in [1.165, 1.54) is 38.8 Å². The van der Waals surface area contributed by atoms with Crippen LogP contribution in [0.2, 0.25) is 0 Å². The van der Waals surface area contributed by atoms with Crippen LogP contribution in [0.25, 0.3) is 0 Å². The summed E-state index contributed by atoms with van der Waals surface area (Å²) >= 11 is 0. The van der Waals surface area contributed by atoms with E-state index in [9.17, 15) is 4.79 Å². The normalized spacial score (nSPS) is 15.8. The Morgan fingerprint density at radius 3 is 2.03 bits per heavy atom. The summed E-state index contributed by atoms with van der Waals surface area (Å²) in [6, 6.07) is 13.5. The topological polar surface area (TPSA) is 64.8 Å². The van der Waals surface area contributed by atoms with Gasteiger partial charge in [-0.2, -0.15) is 0 Å². The summed E-state index contributed by atoms with van der Waals surface area (Å²) < 4.78 is 12.7. The Balaban J connectivity index is 1.69. The van der Waals surface area contributed by atoms with E-state index in [4.69, 9.17) is 15.2 Å². The van der Waals surface area contributed by atoms with Gasteiger partial charge in [-0.25, -0.2) is 0 Å².